The number of rotatable bonds is 10. The Morgan fingerprint density at radius 1 is 1.02 bits per heavy atom. The Balaban J connectivity index is 1.53. The summed E-state index contributed by atoms with van der Waals surface area (Å²) >= 11 is 1.23. The van der Waals surface area contributed by atoms with Crippen LogP contribution in [0.25, 0.3) is 6.08 Å². The number of nitrogens with zero attached hydrogens (tertiary/aromatic N) is 2. The normalized spacial score (nSPS) is 14.6. The number of thiazole rings is 1. The molecule has 1 aliphatic heterocycles. The van der Waals surface area contributed by atoms with Gasteiger partial charge in [0.05, 0.1) is 42.2 Å². The second kappa shape index (κ2) is 13.1. The van der Waals surface area contributed by atoms with Gasteiger partial charge in [0.15, 0.2) is 16.3 Å². The molecule has 0 N–H and O–H groups in total. The number of benzene rings is 3. The SMILES string of the molecule is CCOC(=O)C1=C(C)N=c2s/c(=C\c3ccc(OCc4ccccc4F)cc3)c(=O)n2[C@H]1c1ccc(OC)c(OCC)c1. The van der Waals surface area contributed by atoms with Gasteiger partial charge in [-0.1, -0.05) is 47.7 Å². The van der Waals surface area contributed by atoms with E-state index in [1.807, 2.05) is 19.1 Å². The van der Waals surface area contributed by atoms with Gasteiger partial charge in [-0.3, -0.25) is 9.36 Å². The van der Waals surface area contributed by atoms with Crippen LogP contribution < -0.4 is 29.1 Å². The van der Waals surface area contributed by atoms with E-state index in [9.17, 15) is 14.0 Å². The highest BCUT2D eigenvalue weighted by atomic mass is 32.1. The first-order valence-corrected chi connectivity index (χ1v) is 14.6. The number of fused-ring (bicyclic) bond motifs is 1. The topological polar surface area (TPSA) is 88.4 Å². The van der Waals surface area contributed by atoms with Gasteiger partial charge < -0.3 is 18.9 Å². The summed E-state index contributed by atoms with van der Waals surface area (Å²) in [6, 6.07) is 18.2. The van der Waals surface area contributed by atoms with Crippen LogP contribution >= 0.6 is 11.3 Å². The van der Waals surface area contributed by atoms with Crippen molar-refractivity contribution in [3.05, 3.63) is 120 Å². The van der Waals surface area contributed by atoms with Crippen molar-refractivity contribution in [2.75, 3.05) is 20.3 Å². The minimum absolute atomic E-state index is 0.100. The van der Waals surface area contributed by atoms with Gasteiger partial charge in [-0.15, -0.1) is 0 Å². The van der Waals surface area contributed by atoms with Crippen molar-refractivity contribution in [2.24, 2.45) is 4.99 Å². The maximum Gasteiger partial charge on any atom is 0.338 e. The fraction of sp³-hybridized carbons (Fsp3) is 0.242. The van der Waals surface area contributed by atoms with Crippen LogP contribution in [-0.2, 0) is 16.1 Å². The predicted molar refractivity (Wildman–Crippen MR) is 162 cm³/mol. The minimum atomic E-state index is -0.781. The average Bonchev–Trinajstić information content (AvgIpc) is 3.30. The monoisotopic (exact) mass is 602 g/mol. The Morgan fingerprint density at radius 2 is 1.79 bits per heavy atom. The molecule has 0 aliphatic carbocycles. The third-order valence-corrected chi connectivity index (χ3v) is 7.83. The molecule has 1 aliphatic rings. The van der Waals surface area contributed by atoms with Crippen molar-refractivity contribution < 1.29 is 28.1 Å². The summed E-state index contributed by atoms with van der Waals surface area (Å²) in [7, 11) is 1.55. The van der Waals surface area contributed by atoms with Gasteiger partial charge in [0.1, 0.15) is 18.2 Å². The molecule has 10 heteroatoms. The third kappa shape index (κ3) is 6.24. The van der Waals surface area contributed by atoms with E-state index in [1.165, 1.54) is 22.0 Å². The van der Waals surface area contributed by atoms with E-state index in [2.05, 4.69) is 4.99 Å². The summed E-state index contributed by atoms with van der Waals surface area (Å²) in [5.74, 6) is 0.749. The molecule has 43 heavy (non-hydrogen) atoms. The van der Waals surface area contributed by atoms with Crippen LogP contribution in [0.3, 0.4) is 0 Å². The van der Waals surface area contributed by atoms with Crippen molar-refractivity contribution >= 4 is 23.4 Å². The first-order valence-electron chi connectivity index (χ1n) is 13.8. The fourth-order valence-corrected chi connectivity index (χ4v) is 5.87. The molecule has 0 saturated heterocycles. The number of aromatic nitrogens is 1. The van der Waals surface area contributed by atoms with Crippen LogP contribution in [-0.4, -0.2) is 30.9 Å². The zero-order chi connectivity index (χ0) is 30.5. The molecule has 5 rings (SSSR count). The van der Waals surface area contributed by atoms with E-state index < -0.39 is 12.0 Å². The number of carbonyl (C=O) groups is 1. The Morgan fingerprint density at radius 3 is 2.49 bits per heavy atom. The molecule has 0 unspecified atom stereocenters. The molecule has 3 aromatic carbocycles. The highest BCUT2D eigenvalue weighted by Crippen LogP contribution is 2.36. The molecule has 222 valence electrons. The summed E-state index contributed by atoms with van der Waals surface area (Å²) in [5.41, 5.74) is 2.35. The van der Waals surface area contributed by atoms with E-state index in [0.29, 0.717) is 50.0 Å². The number of halogens is 1. The van der Waals surface area contributed by atoms with Gasteiger partial charge in [0.2, 0.25) is 0 Å². The quantitative estimate of drug-likeness (QED) is 0.240. The molecule has 0 amide bonds. The standard InChI is InChI=1S/C33H31FN2O6S/c1-5-40-27-18-22(13-16-26(27)39-4)30-29(32(38)41-6-2)20(3)35-33-36(30)31(37)28(43-33)17-21-11-14-24(15-12-21)42-19-23-9-7-8-10-25(23)34/h7-18,30H,5-6,19H2,1-4H3/b28-17-/t30-/m0/s1. The largest absolute Gasteiger partial charge is 0.493 e. The Kier molecular flexibility index (Phi) is 9.06. The van der Waals surface area contributed by atoms with Crippen molar-refractivity contribution in [3.63, 3.8) is 0 Å². The number of hydrogen-bond acceptors (Lipinski definition) is 8. The molecule has 2 heterocycles. The van der Waals surface area contributed by atoms with Crippen molar-refractivity contribution in [2.45, 2.75) is 33.4 Å². The predicted octanol–water partition coefficient (Wildman–Crippen LogP) is 4.92. The maximum absolute atomic E-state index is 13.9. The first-order chi connectivity index (χ1) is 20.8. The molecule has 1 aromatic heterocycles. The van der Waals surface area contributed by atoms with Gasteiger partial charge in [-0.05, 0) is 68.3 Å². The second-order valence-corrected chi connectivity index (χ2v) is 10.6. The summed E-state index contributed by atoms with van der Waals surface area (Å²) in [6.07, 6.45) is 1.77. The minimum Gasteiger partial charge on any atom is -0.493 e. The van der Waals surface area contributed by atoms with Crippen LogP contribution in [0.5, 0.6) is 17.2 Å². The lowest BCUT2D eigenvalue weighted by Gasteiger charge is -2.25. The smallest absolute Gasteiger partial charge is 0.338 e. The Bertz CT molecular complexity index is 1860. The molecule has 0 fully saturated rings. The Labute approximate surface area is 252 Å². The average molecular weight is 603 g/mol. The van der Waals surface area contributed by atoms with Crippen LogP contribution in [0.4, 0.5) is 4.39 Å². The number of hydrogen-bond donors (Lipinski definition) is 0. The van der Waals surface area contributed by atoms with Crippen LogP contribution in [0, 0.1) is 5.82 Å². The van der Waals surface area contributed by atoms with Crippen molar-refractivity contribution in [3.8, 4) is 17.2 Å². The lowest BCUT2D eigenvalue weighted by atomic mass is 9.95. The molecular weight excluding hydrogens is 571 g/mol. The zero-order valence-corrected chi connectivity index (χ0v) is 25.1. The zero-order valence-electron chi connectivity index (χ0n) is 24.3. The molecule has 0 spiro atoms. The molecular formula is C33H31FN2O6S. The molecule has 1 atom stereocenters. The number of esters is 1. The van der Waals surface area contributed by atoms with Gasteiger partial charge in [0, 0.05) is 5.56 Å². The van der Waals surface area contributed by atoms with Gasteiger partial charge in [0.25, 0.3) is 5.56 Å². The van der Waals surface area contributed by atoms with E-state index in [1.54, 1.807) is 75.6 Å². The van der Waals surface area contributed by atoms with Crippen molar-refractivity contribution in [1.82, 2.24) is 4.57 Å². The molecule has 0 radical (unpaired) electrons. The summed E-state index contributed by atoms with van der Waals surface area (Å²) in [5, 5.41) is 0. The van der Waals surface area contributed by atoms with Gasteiger partial charge in [-0.25, -0.2) is 14.2 Å². The highest BCUT2D eigenvalue weighted by Gasteiger charge is 2.34. The van der Waals surface area contributed by atoms with E-state index in [4.69, 9.17) is 18.9 Å². The lowest BCUT2D eigenvalue weighted by molar-refractivity contribution is -0.139. The number of ether oxygens (including phenoxy) is 4. The lowest BCUT2D eigenvalue weighted by Crippen LogP contribution is -2.40. The summed E-state index contributed by atoms with van der Waals surface area (Å²) in [4.78, 5) is 32.2. The van der Waals surface area contributed by atoms with Crippen LogP contribution in [0.2, 0.25) is 0 Å². The van der Waals surface area contributed by atoms with Crippen molar-refractivity contribution in [1.29, 1.82) is 0 Å². The van der Waals surface area contributed by atoms with Crippen LogP contribution in [0.15, 0.2) is 87.8 Å². The first kappa shape index (κ1) is 29.8. The summed E-state index contributed by atoms with van der Waals surface area (Å²) < 4.78 is 38.3. The van der Waals surface area contributed by atoms with Gasteiger partial charge >= 0.3 is 5.97 Å². The third-order valence-electron chi connectivity index (χ3n) is 6.85. The number of carbonyl (C=O) groups excluding carboxylic acids is 1. The van der Waals surface area contributed by atoms with E-state index in [-0.39, 0.29) is 30.2 Å². The second-order valence-electron chi connectivity index (χ2n) is 9.59. The Hall–Kier alpha value is -4.70. The molecule has 0 saturated carbocycles. The van der Waals surface area contributed by atoms with Gasteiger partial charge in [-0.2, -0.15) is 0 Å². The highest BCUT2D eigenvalue weighted by molar-refractivity contribution is 7.07. The fourth-order valence-electron chi connectivity index (χ4n) is 4.83. The maximum atomic E-state index is 13.9. The van der Waals surface area contributed by atoms with E-state index >= 15 is 0 Å². The van der Waals surface area contributed by atoms with E-state index in [0.717, 1.165) is 5.56 Å². The summed E-state index contributed by atoms with van der Waals surface area (Å²) in [6.45, 7) is 6.03. The number of allylic oxidation sites excluding steroid dienone is 1. The number of methoxy groups -OCH3 is 1. The molecule has 4 aromatic rings. The molecule has 8 nitrogen and oxygen atoms in total. The molecule has 0 bridgehead atoms. The van der Waals surface area contributed by atoms with Crippen LogP contribution in [0.1, 0.15) is 43.5 Å².